The number of nitrogens with zero attached hydrogens (tertiary/aromatic N) is 4. The summed E-state index contributed by atoms with van der Waals surface area (Å²) >= 11 is 1.52. The zero-order valence-corrected chi connectivity index (χ0v) is 13.2. The lowest BCUT2D eigenvalue weighted by Crippen LogP contribution is -2.02. The van der Waals surface area contributed by atoms with Gasteiger partial charge in [0.2, 0.25) is 0 Å². The molecule has 2 heterocycles. The van der Waals surface area contributed by atoms with Crippen molar-refractivity contribution in [2.45, 2.75) is 17.5 Å². The van der Waals surface area contributed by atoms with Crippen LogP contribution in [0.1, 0.15) is 5.69 Å². The van der Waals surface area contributed by atoms with E-state index in [0.29, 0.717) is 28.8 Å². The topological polar surface area (TPSA) is 43.6 Å². The van der Waals surface area contributed by atoms with Crippen LogP contribution in [-0.2, 0) is 12.3 Å². The summed E-state index contributed by atoms with van der Waals surface area (Å²) < 4.78 is 15.9. The fourth-order valence-corrected chi connectivity index (χ4v) is 3.02. The molecule has 0 aliphatic heterocycles. The van der Waals surface area contributed by atoms with E-state index in [1.807, 2.05) is 22.8 Å². The Morgan fingerprint density at radius 2 is 1.96 bits per heavy atom. The lowest BCUT2D eigenvalue weighted by molar-refractivity contribution is 0.626. The number of aromatic nitrogens is 4. The normalized spacial score (nSPS) is 10.7. The molecule has 3 rings (SSSR count). The van der Waals surface area contributed by atoms with Gasteiger partial charge in [-0.15, -0.1) is 16.8 Å². The number of halogens is 1. The minimum atomic E-state index is -0.313. The largest absolute Gasteiger partial charge is 0.298 e. The maximum absolute atomic E-state index is 14.0. The van der Waals surface area contributed by atoms with Crippen LogP contribution in [0.15, 0.2) is 66.5 Å². The molecule has 0 bridgehead atoms. The molecule has 23 heavy (non-hydrogen) atoms. The molecule has 2 aromatic heterocycles. The molecule has 0 spiro atoms. The van der Waals surface area contributed by atoms with Crippen LogP contribution in [0.25, 0.3) is 11.4 Å². The summed E-state index contributed by atoms with van der Waals surface area (Å²) in [5.41, 5.74) is 1.39. The predicted octanol–water partition coefficient (Wildman–Crippen LogP) is 3.96. The SMILES string of the molecule is C=CCn1c(SCc2ccccn2)nnc1-c1ccccc1F. The number of thioether (sulfide) groups is 1. The minimum Gasteiger partial charge on any atom is -0.298 e. The van der Waals surface area contributed by atoms with Gasteiger partial charge in [0.1, 0.15) is 5.82 Å². The van der Waals surface area contributed by atoms with Gasteiger partial charge in [0, 0.05) is 18.5 Å². The van der Waals surface area contributed by atoms with E-state index in [1.165, 1.54) is 17.8 Å². The molecule has 0 saturated carbocycles. The van der Waals surface area contributed by atoms with Crippen LogP contribution in [0.5, 0.6) is 0 Å². The van der Waals surface area contributed by atoms with E-state index >= 15 is 0 Å². The average molecular weight is 326 g/mol. The number of benzene rings is 1. The van der Waals surface area contributed by atoms with E-state index in [4.69, 9.17) is 0 Å². The van der Waals surface area contributed by atoms with Gasteiger partial charge in [-0.2, -0.15) is 0 Å². The summed E-state index contributed by atoms with van der Waals surface area (Å²) in [5.74, 6) is 0.867. The molecule has 0 aliphatic carbocycles. The second kappa shape index (κ2) is 7.19. The standard InChI is InChI=1S/C17H15FN4S/c1-2-11-22-16(14-8-3-4-9-15(14)18)20-21-17(22)23-12-13-7-5-6-10-19-13/h2-10H,1,11-12H2. The minimum absolute atomic E-state index is 0.313. The molecule has 0 saturated heterocycles. The Hall–Kier alpha value is -2.47. The summed E-state index contributed by atoms with van der Waals surface area (Å²) in [5, 5.41) is 9.08. The van der Waals surface area contributed by atoms with E-state index in [0.717, 1.165) is 5.69 Å². The third-order valence-electron chi connectivity index (χ3n) is 3.22. The smallest absolute Gasteiger partial charge is 0.192 e. The summed E-state index contributed by atoms with van der Waals surface area (Å²) in [6.45, 7) is 4.28. The molecule has 6 heteroatoms. The highest BCUT2D eigenvalue weighted by atomic mass is 32.2. The van der Waals surface area contributed by atoms with Gasteiger partial charge in [-0.25, -0.2) is 4.39 Å². The van der Waals surface area contributed by atoms with E-state index in [-0.39, 0.29) is 5.82 Å². The molecule has 0 unspecified atom stereocenters. The number of hydrogen-bond acceptors (Lipinski definition) is 4. The lowest BCUT2D eigenvalue weighted by Gasteiger charge is -2.08. The van der Waals surface area contributed by atoms with Crippen molar-refractivity contribution in [3.05, 3.63) is 72.8 Å². The average Bonchev–Trinajstić information content (AvgIpc) is 2.97. The third kappa shape index (κ3) is 3.48. The molecule has 0 amide bonds. The van der Waals surface area contributed by atoms with Crippen molar-refractivity contribution < 1.29 is 4.39 Å². The van der Waals surface area contributed by atoms with E-state index in [1.54, 1.807) is 30.5 Å². The highest BCUT2D eigenvalue weighted by Gasteiger charge is 2.16. The van der Waals surface area contributed by atoms with Crippen molar-refractivity contribution in [1.82, 2.24) is 19.7 Å². The Kier molecular flexibility index (Phi) is 4.83. The third-order valence-corrected chi connectivity index (χ3v) is 4.22. The van der Waals surface area contributed by atoms with Crippen molar-refractivity contribution in [2.24, 2.45) is 0 Å². The number of hydrogen-bond donors (Lipinski definition) is 0. The summed E-state index contributed by atoms with van der Waals surface area (Å²) in [6.07, 6.45) is 3.51. The van der Waals surface area contributed by atoms with Gasteiger partial charge in [0.15, 0.2) is 11.0 Å². The van der Waals surface area contributed by atoms with Gasteiger partial charge in [-0.3, -0.25) is 9.55 Å². The van der Waals surface area contributed by atoms with Crippen LogP contribution < -0.4 is 0 Å². The van der Waals surface area contributed by atoms with Crippen LogP contribution in [0.3, 0.4) is 0 Å². The number of allylic oxidation sites excluding steroid dienone is 1. The molecular weight excluding hydrogens is 311 g/mol. The molecule has 3 aromatic rings. The Morgan fingerprint density at radius 3 is 2.70 bits per heavy atom. The first-order chi connectivity index (χ1) is 11.3. The highest BCUT2D eigenvalue weighted by molar-refractivity contribution is 7.98. The van der Waals surface area contributed by atoms with Crippen molar-refractivity contribution >= 4 is 11.8 Å². The predicted molar refractivity (Wildman–Crippen MR) is 89.4 cm³/mol. The second-order valence-electron chi connectivity index (χ2n) is 4.80. The van der Waals surface area contributed by atoms with Crippen LogP contribution >= 0.6 is 11.8 Å². The molecule has 0 aliphatic rings. The summed E-state index contributed by atoms with van der Waals surface area (Å²) in [6, 6.07) is 12.3. The van der Waals surface area contributed by atoms with E-state index < -0.39 is 0 Å². The fourth-order valence-electron chi connectivity index (χ4n) is 2.15. The molecule has 116 valence electrons. The maximum Gasteiger partial charge on any atom is 0.192 e. The Labute approximate surface area is 138 Å². The first-order valence-electron chi connectivity index (χ1n) is 7.11. The van der Waals surface area contributed by atoms with E-state index in [9.17, 15) is 4.39 Å². The van der Waals surface area contributed by atoms with Gasteiger partial charge >= 0.3 is 0 Å². The van der Waals surface area contributed by atoms with Crippen molar-refractivity contribution in [3.8, 4) is 11.4 Å². The van der Waals surface area contributed by atoms with Crippen LogP contribution in [-0.4, -0.2) is 19.7 Å². The molecule has 4 nitrogen and oxygen atoms in total. The molecule has 0 atom stereocenters. The van der Waals surface area contributed by atoms with Crippen molar-refractivity contribution in [1.29, 1.82) is 0 Å². The summed E-state index contributed by atoms with van der Waals surface area (Å²) in [7, 11) is 0. The van der Waals surface area contributed by atoms with Gasteiger partial charge in [-0.05, 0) is 24.3 Å². The van der Waals surface area contributed by atoms with Gasteiger partial charge in [0.25, 0.3) is 0 Å². The van der Waals surface area contributed by atoms with Gasteiger partial charge in [0.05, 0.1) is 11.3 Å². The Balaban J connectivity index is 1.90. The number of rotatable bonds is 6. The highest BCUT2D eigenvalue weighted by Crippen LogP contribution is 2.27. The molecular formula is C17H15FN4S. The van der Waals surface area contributed by atoms with Crippen molar-refractivity contribution in [2.75, 3.05) is 0 Å². The first kappa shape index (κ1) is 15.4. The number of pyridine rings is 1. The Bertz CT molecular complexity index is 801. The van der Waals surface area contributed by atoms with Gasteiger partial charge < -0.3 is 0 Å². The second-order valence-corrected chi connectivity index (χ2v) is 5.74. The lowest BCUT2D eigenvalue weighted by atomic mass is 10.2. The monoisotopic (exact) mass is 326 g/mol. The quantitative estimate of drug-likeness (QED) is 0.508. The molecule has 1 aromatic carbocycles. The van der Waals surface area contributed by atoms with E-state index in [2.05, 4.69) is 21.8 Å². The Morgan fingerprint density at radius 1 is 1.13 bits per heavy atom. The first-order valence-corrected chi connectivity index (χ1v) is 8.10. The molecule has 0 N–H and O–H groups in total. The van der Waals surface area contributed by atoms with Crippen molar-refractivity contribution in [3.63, 3.8) is 0 Å². The van der Waals surface area contributed by atoms with Crippen LogP contribution in [0, 0.1) is 5.82 Å². The zero-order chi connectivity index (χ0) is 16.1. The molecule has 0 fully saturated rings. The van der Waals surface area contributed by atoms with Gasteiger partial charge in [-0.1, -0.05) is 36.0 Å². The molecule has 0 radical (unpaired) electrons. The fraction of sp³-hybridized carbons (Fsp3) is 0.118. The zero-order valence-electron chi connectivity index (χ0n) is 12.4. The maximum atomic E-state index is 14.0. The summed E-state index contributed by atoms with van der Waals surface area (Å²) in [4.78, 5) is 4.29. The van der Waals surface area contributed by atoms with Crippen LogP contribution in [0.4, 0.5) is 4.39 Å². The van der Waals surface area contributed by atoms with Crippen LogP contribution in [0.2, 0.25) is 0 Å².